The molecule has 0 atom stereocenters. The molecule has 0 saturated heterocycles. The summed E-state index contributed by atoms with van der Waals surface area (Å²) in [4.78, 5) is 23.8. The van der Waals surface area contributed by atoms with Crippen molar-refractivity contribution in [3.63, 3.8) is 0 Å². The smallest absolute Gasteiger partial charge is 0.224 e. The molecule has 0 spiro atoms. The van der Waals surface area contributed by atoms with Gasteiger partial charge in [-0.2, -0.15) is 0 Å². The molecule has 0 radical (unpaired) electrons. The molecular formula is C21H22N4O2S2. The molecule has 0 aliphatic rings. The number of aryl methyl sites for hydroxylation is 1. The van der Waals surface area contributed by atoms with E-state index in [4.69, 9.17) is 0 Å². The zero-order valence-electron chi connectivity index (χ0n) is 16.5. The highest BCUT2D eigenvalue weighted by Crippen LogP contribution is 2.29. The van der Waals surface area contributed by atoms with Gasteiger partial charge in [0.15, 0.2) is 10.1 Å². The second-order valence-electron chi connectivity index (χ2n) is 6.44. The zero-order valence-corrected chi connectivity index (χ0v) is 18.1. The molecule has 8 heteroatoms. The summed E-state index contributed by atoms with van der Waals surface area (Å²) in [6, 6.07) is 13.0. The molecule has 3 rings (SSSR count). The quantitative estimate of drug-likeness (QED) is 0.379. The van der Waals surface area contributed by atoms with Crippen LogP contribution in [0.3, 0.4) is 0 Å². The highest BCUT2D eigenvalue weighted by Gasteiger charge is 2.11. The molecule has 150 valence electrons. The number of Topliss-reactive ketones (excluding diaryl/α,β-unsaturated/α-hetero) is 1. The van der Waals surface area contributed by atoms with Gasteiger partial charge < -0.3 is 10.6 Å². The topological polar surface area (TPSA) is 84.0 Å². The van der Waals surface area contributed by atoms with E-state index in [-0.39, 0.29) is 17.4 Å². The lowest BCUT2D eigenvalue weighted by molar-refractivity contribution is -0.115. The fourth-order valence-corrected chi connectivity index (χ4v) is 4.18. The van der Waals surface area contributed by atoms with Crippen LogP contribution in [0.1, 0.15) is 34.8 Å². The van der Waals surface area contributed by atoms with Crippen molar-refractivity contribution in [2.45, 2.75) is 31.5 Å². The molecule has 1 heterocycles. The minimum absolute atomic E-state index is 0.00241. The standard InChI is InChI=1S/C21H22N4O2S2/c1-4-19(27)22-16-10-8-15(9-11-16)18(26)12-28-21-25-24-20(29-21)23-17-7-5-6-13(2)14(17)3/h5-11H,4,12H2,1-3H3,(H,22,27)(H,23,24). The van der Waals surface area contributed by atoms with Crippen molar-refractivity contribution in [3.8, 4) is 0 Å². The van der Waals surface area contributed by atoms with E-state index in [9.17, 15) is 9.59 Å². The minimum atomic E-state index is -0.0545. The Kier molecular flexibility index (Phi) is 7.00. The number of ketones is 1. The Morgan fingerprint density at radius 2 is 1.83 bits per heavy atom. The second kappa shape index (κ2) is 9.67. The van der Waals surface area contributed by atoms with Crippen LogP contribution in [0.25, 0.3) is 0 Å². The molecule has 0 unspecified atom stereocenters. The first-order valence-electron chi connectivity index (χ1n) is 9.19. The normalized spacial score (nSPS) is 10.6. The van der Waals surface area contributed by atoms with Crippen LogP contribution in [0.15, 0.2) is 46.8 Å². The Labute approximate surface area is 178 Å². The van der Waals surface area contributed by atoms with E-state index < -0.39 is 0 Å². The predicted molar refractivity (Wildman–Crippen MR) is 120 cm³/mol. The maximum atomic E-state index is 12.4. The third-order valence-electron chi connectivity index (χ3n) is 4.39. The average Bonchev–Trinajstić information content (AvgIpc) is 3.17. The van der Waals surface area contributed by atoms with Gasteiger partial charge in [-0.15, -0.1) is 10.2 Å². The molecule has 29 heavy (non-hydrogen) atoms. The highest BCUT2D eigenvalue weighted by molar-refractivity contribution is 8.01. The van der Waals surface area contributed by atoms with E-state index in [0.717, 1.165) is 10.0 Å². The van der Waals surface area contributed by atoms with Gasteiger partial charge in [-0.05, 0) is 55.3 Å². The number of nitrogens with zero attached hydrogens (tertiary/aromatic N) is 2. The van der Waals surface area contributed by atoms with Gasteiger partial charge in [-0.1, -0.05) is 42.2 Å². The Bertz CT molecular complexity index is 1020. The number of aromatic nitrogens is 2. The molecular weight excluding hydrogens is 404 g/mol. The fraction of sp³-hybridized carbons (Fsp3) is 0.238. The summed E-state index contributed by atoms with van der Waals surface area (Å²) in [6.07, 6.45) is 0.416. The molecule has 2 aromatic carbocycles. The largest absolute Gasteiger partial charge is 0.330 e. The number of amides is 1. The molecule has 0 bridgehead atoms. The number of carbonyl (C=O) groups excluding carboxylic acids is 2. The average molecular weight is 427 g/mol. The van der Waals surface area contributed by atoms with E-state index in [1.165, 1.54) is 34.2 Å². The second-order valence-corrected chi connectivity index (χ2v) is 8.64. The third kappa shape index (κ3) is 5.65. The maximum absolute atomic E-state index is 12.4. The fourth-order valence-electron chi connectivity index (χ4n) is 2.52. The van der Waals surface area contributed by atoms with Crippen molar-refractivity contribution in [2.75, 3.05) is 16.4 Å². The lowest BCUT2D eigenvalue weighted by Crippen LogP contribution is -2.09. The van der Waals surface area contributed by atoms with Crippen molar-refractivity contribution < 1.29 is 9.59 Å². The summed E-state index contributed by atoms with van der Waals surface area (Å²) in [6.45, 7) is 5.92. The first-order valence-corrected chi connectivity index (χ1v) is 11.0. The monoisotopic (exact) mass is 426 g/mol. The molecule has 2 N–H and O–H groups in total. The van der Waals surface area contributed by atoms with Gasteiger partial charge in [-0.3, -0.25) is 9.59 Å². The van der Waals surface area contributed by atoms with Crippen LogP contribution in [-0.2, 0) is 4.79 Å². The molecule has 6 nitrogen and oxygen atoms in total. The van der Waals surface area contributed by atoms with Gasteiger partial charge in [0.05, 0.1) is 5.75 Å². The highest BCUT2D eigenvalue weighted by atomic mass is 32.2. The van der Waals surface area contributed by atoms with E-state index in [1.807, 2.05) is 12.1 Å². The summed E-state index contributed by atoms with van der Waals surface area (Å²) in [7, 11) is 0. The van der Waals surface area contributed by atoms with Gasteiger partial charge in [0.25, 0.3) is 0 Å². The Morgan fingerprint density at radius 3 is 2.55 bits per heavy atom. The predicted octanol–water partition coefficient (Wildman–Crippen LogP) is 5.22. The number of hydrogen-bond donors (Lipinski definition) is 2. The number of nitrogens with one attached hydrogen (secondary N) is 2. The lowest BCUT2D eigenvalue weighted by atomic mass is 10.1. The molecule has 0 fully saturated rings. The first-order chi connectivity index (χ1) is 14.0. The number of carbonyl (C=O) groups is 2. The van der Waals surface area contributed by atoms with Crippen LogP contribution in [0.2, 0.25) is 0 Å². The number of benzene rings is 2. The SMILES string of the molecule is CCC(=O)Nc1ccc(C(=O)CSc2nnc(Nc3cccc(C)c3C)s2)cc1. The molecule has 0 aliphatic carbocycles. The molecule has 1 amide bonds. The van der Waals surface area contributed by atoms with E-state index in [2.05, 4.69) is 40.7 Å². The summed E-state index contributed by atoms with van der Waals surface area (Å²) in [5.41, 5.74) is 4.67. The number of rotatable bonds is 8. The van der Waals surface area contributed by atoms with Gasteiger partial charge in [0.2, 0.25) is 11.0 Å². The third-order valence-corrected chi connectivity index (χ3v) is 6.36. The van der Waals surface area contributed by atoms with E-state index in [0.29, 0.717) is 22.8 Å². The van der Waals surface area contributed by atoms with Crippen LogP contribution in [0.5, 0.6) is 0 Å². The van der Waals surface area contributed by atoms with Crippen LogP contribution in [-0.4, -0.2) is 27.6 Å². The van der Waals surface area contributed by atoms with Crippen molar-refractivity contribution in [1.82, 2.24) is 10.2 Å². The maximum Gasteiger partial charge on any atom is 0.224 e. The summed E-state index contributed by atoms with van der Waals surface area (Å²) >= 11 is 2.79. The van der Waals surface area contributed by atoms with Gasteiger partial charge in [0.1, 0.15) is 0 Å². The Hall–Kier alpha value is -2.71. The number of anilines is 3. The van der Waals surface area contributed by atoms with Crippen molar-refractivity contribution in [3.05, 3.63) is 59.2 Å². The van der Waals surface area contributed by atoms with E-state index >= 15 is 0 Å². The van der Waals surface area contributed by atoms with Gasteiger partial charge in [0, 0.05) is 23.4 Å². The molecule has 3 aromatic rings. The van der Waals surface area contributed by atoms with Gasteiger partial charge >= 0.3 is 0 Å². The number of thioether (sulfide) groups is 1. The van der Waals surface area contributed by atoms with Crippen LogP contribution >= 0.6 is 23.1 Å². The molecule has 0 saturated carbocycles. The summed E-state index contributed by atoms with van der Waals surface area (Å²) in [5.74, 6) is 0.225. The number of hydrogen-bond acceptors (Lipinski definition) is 7. The van der Waals surface area contributed by atoms with Crippen LogP contribution in [0, 0.1) is 13.8 Å². The van der Waals surface area contributed by atoms with Gasteiger partial charge in [-0.25, -0.2) is 0 Å². The Balaban J connectivity index is 1.56. The van der Waals surface area contributed by atoms with Crippen molar-refractivity contribution >= 4 is 51.3 Å². The molecule has 0 aliphatic heterocycles. The minimum Gasteiger partial charge on any atom is -0.330 e. The van der Waals surface area contributed by atoms with Crippen LogP contribution < -0.4 is 10.6 Å². The zero-order chi connectivity index (χ0) is 20.8. The first kappa shape index (κ1) is 21.0. The summed E-state index contributed by atoms with van der Waals surface area (Å²) in [5, 5.41) is 15.1. The molecule has 1 aromatic heterocycles. The van der Waals surface area contributed by atoms with Crippen LogP contribution in [0.4, 0.5) is 16.5 Å². The van der Waals surface area contributed by atoms with Crippen molar-refractivity contribution in [2.24, 2.45) is 0 Å². The van der Waals surface area contributed by atoms with Crippen molar-refractivity contribution in [1.29, 1.82) is 0 Å². The Morgan fingerprint density at radius 1 is 1.07 bits per heavy atom. The lowest BCUT2D eigenvalue weighted by Gasteiger charge is -2.08. The summed E-state index contributed by atoms with van der Waals surface area (Å²) < 4.78 is 0.734. The van der Waals surface area contributed by atoms with E-state index in [1.54, 1.807) is 31.2 Å².